The number of hydrogen-bond acceptors (Lipinski definition) is 4. The smallest absolute Gasteiger partial charge is 0.136 e. The van der Waals surface area contributed by atoms with Crippen molar-refractivity contribution in [1.29, 1.82) is 0 Å². The van der Waals surface area contributed by atoms with E-state index in [1.807, 2.05) is 12.1 Å². The van der Waals surface area contributed by atoms with Crippen molar-refractivity contribution in [3.05, 3.63) is 200 Å². The molecule has 0 saturated heterocycles. The Kier molecular flexibility index (Phi) is 6.98. The summed E-state index contributed by atoms with van der Waals surface area (Å²) in [6, 6.07) is 71.0. The fourth-order valence-electron chi connectivity index (χ4n) is 9.36. The van der Waals surface area contributed by atoms with Gasteiger partial charge in [0.15, 0.2) is 0 Å². The van der Waals surface area contributed by atoms with E-state index in [4.69, 9.17) is 13.3 Å². The van der Waals surface area contributed by atoms with Crippen LogP contribution in [-0.4, -0.2) is 0 Å². The third kappa shape index (κ3) is 5.04. The molecule has 0 N–H and O–H groups in total. The lowest BCUT2D eigenvalue weighted by Gasteiger charge is -2.26. The van der Waals surface area contributed by atoms with Gasteiger partial charge < -0.3 is 18.2 Å². The highest BCUT2D eigenvalue weighted by Crippen LogP contribution is 2.42. The van der Waals surface area contributed by atoms with Crippen molar-refractivity contribution < 1.29 is 13.3 Å². The number of rotatable bonds is 5. The van der Waals surface area contributed by atoms with Gasteiger partial charge in [-0.05, 0) is 129 Å². The maximum absolute atomic E-state index is 6.32. The summed E-state index contributed by atoms with van der Waals surface area (Å²) in [7, 11) is 0. The van der Waals surface area contributed by atoms with Crippen molar-refractivity contribution in [3.8, 4) is 22.3 Å². The van der Waals surface area contributed by atoms with E-state index in [2.05, 4.69) is 193 Å². The van der Waals surface area contributed by atoms with Gasteiger partial charge in [0.25, 0.3) is 0 Å². The molecule has 0 unspecified atom stereocenters. The molecule has 4 heteroatoms. The summed E-state index contributed by atoms with van der Waals surface area (Å²) in [5, 5.41) is 11.6. The molecule has 3 heterocycles. The molecule has 0 aliphatic rings. The van der Waals surface area contributed by atoms with Gasteiger partial charge in [-0.15, -0.1) is 0 Å². The lowest BCUT2D eigenvalue weighted by atomic mass is 9.99. The van der Waals surface area contributed by atoms with E-state index in [9.17, 15) is 0 Å². The average Bonchev–Trinajstić information content (AvgIpc) is 4.00. The fourth-order valence-corrected chi connectivity index (χ4v) is 9.36. The minimum Gasteiger partial charge on any atom is -0.456 e. The van der Waals surface area contributed by atoms with Crippen LogP contribution < -0.4 is 4.90 Å². The lowest BCUT2D eigenvalue weighted by Crippen LogP contribution is -2.09. The van der Waals surface area contributed by atoms with E-state index in [0.29, 0.717) is 0 Å². The molecule has 3 aromatic heterocycles. The molecule has 13 rings (SSSR count). The lowest BCUT2D eigenvalue weighted by molar-refractivity contribution is 0.668. The Labute approximate surface area is 343 Å². The highest BCUT2D eigenvalue weighted by atomic mass is 16.3. The SMILES string of the molecule is c1ccc2c(c1)ccc1oc3ccc(-c4ccc(N(c5ccc(-c6ccc7oc8ccc9ccccc9c8c7c6)cc5)c5ccc6oc7ccccc7c6c5)cc4)cc3c12. The first-order valence-corrected chi connectivity index (χ1v) is 20.3. The average molecular weight is 768 g/mol. The van der Waals surface area contributed by atoms with Crippen LogP contribution >= 0.6 is 0 Å². The Hall–Kier alpha value is -8.08. The Morgan fingerprint density at radius 3 is 1.22 bits per heavy atom. The van der Waals surface area contributed by atoms with Crippen LogP contribution in [0.5, 0.6) is 0 Å². The molecule has 0 bridgehead atoms. The van der Waals surface area contributed by atoms with Crippen LogP contribution in [0.15, 0.2) is 213 Å². The summed E-state index contributed by atoms with van der Waals surface area (Å²) >= 11 is 0. The molecule has 13 aromatic rings. The number of para-hydroxylation sites is 1. The Morgan fingerprint density at radius 2 is 0.650 bits per heavy atom. The van der Waals surface area contributed by atoms with Crippen LogP contribution in [0, 0.1) is 0 Å². The van der Waals surface area contributed by atoms with Gasteiger partial charge in [-0.3, -0.25) is 0 Å². The first-order chi connectivity index (χ1) is 29.7. The predicted octanol–water partition coefficient (Wildman–Crippen LogP) is 16.5. The molecule has 0 aliphatic heterocycles. The molecule has 0 saturated carbocycles. The van der Waals surface area contributed by atoms with E-state index in [1.54, 1.807) is 0 Å². The molecule has 60 heavy (non-hydrogen) atoms. The summed E-state index contributed by atoms with van der Waals surface area (Å²) in [4.78, 5) is 2.33. The third-order valence-corrected chi connectivity index (χ3v) is 12.3. The maximum Gasteiger partial charge on any atom is 0.136 e. The minimum absolute atomic E-state index is 0.871. The minimum atomic E-state index is 0.871. The molecule has 280 valence electrons. The van der Waals surface area contributed by atoms with E-state index in [0.717, 1.165) is 105 Å². The van der Waals surface area contributed by atoms with Crippen molar-refractivity contribution in [2.45, 2.75) is 0 Å². The highest BCUT2D eigenvalue weighted by molar-refractivity contribution is 6.20. The van der Waals surface area contributed by atoms with Crippen LogP contribution in [0.1, 0.15) is 0 Å². The first kappa shape index (κ1) is 32.9. The van der Waals surface area contributed by atoms with Crippen molar-refractivity contribution in [2.24, 2.45) is 0 Å². The summed E-state index contributed by atoms with van der Waals surface area (Å²) in [6.07, 6.45) is 0. The zero-order chi connectivity index (χ0) is 39.3. The number of benzene rings is 10. The number of hydrogen-bond donors (Lipinski definition) is 0. The van der Waals surface area contributed by atoms with E-state index in [1.165, 1.54) is 21.5 Å². The normalized spacial score (nSPS) is 12.0. The molecule has 0 spiro atoms. The van der Waals surface area contributed by atoms with E-state index >= 15 is 0 Å². The Bertz CT molecular complexity index is 3630. The maximum atomic E-state index is 6.32. The van der Waals surface area contributed by atoms with Gasteiger partial charge in [-0.1, -0.05) is 115 Å². The molecule has 0 radical (unpaired) electrons. The van der Waals surface area contributed by atoms with Crippen molar-refractivity contribution >= 4 is 104 Å². The molecule has 4 nitrogen and oxygen atoms in total. The molecule has 0 amide bonds. The van der Waals surface area contributed by atoms with Crippen molar-refractivity contribution in [2.75, 3.05) is 4.90 Å². The van der Waals surface area contributed by atoms with Crippen molar-refractivity contribution in [1.82, 2.24) is 0 Å². The van der Waals surface area contributed by atoms with E-state index in [-0.39, 0.29) is 0 Å². The van der Waals surface area contributed by atoms with Crippen LogP contribution in [-0.2, 0) is 0 Å². The van der Waals surface area contributed by atoms with Gasteiger partial charge in [0.1, 0.15) is 33.5 Å². The fraction of sp³-hybridized carbons (Fsp3) is 0. The molecule has 0 atom stereocenters. The van der Waals surface area contributed by atoms with Gasteiger partial charge >= 0.3 is 0 Å². The topological polar surface area (TPSA) is 42.7 Å². The second-order valence-corrected chi connectivity index (χ2v) is 15.7. The quantitative estimate of drug-likeness (QED) is 0.175. The van der Waals surface area contributed by atoms with Gasteiger partial charge in [0.2, 0.25) is 0 Å². The molecular formula is C56H33NO3. The predicted molar refractivity (Wildman–Crippen MR) is 249 cm³/mol. The number of anilines is 3. The number of nitrogens with zero attached hydrogens (tertiary/aromatic N) is 1. The summed E-state index contributed by atoms with van der Waals surface area (Å²) in [6.45, 7) is 0. The van der Waals surface area contributed by atoms with Crippen LogP contribution in [0.3, 0.4) is 0 Å². The van der Waals surface area contributed by atoms with Crippen LogP contribution in [0.4, 0.5) is 17.1 Å². The van der Waals surface area contributed by atoms with Crippen LogP contribution in [0.25, 0.3) is 110 Å². The molecule has 0 aliphatic carbocycles. The highest BCUT2D eigenvalue weighted by Gasteiger charge is 2.18. The zero-order valence-corrected chi connectivity index (χ0v) is 32.2. The standard InChI is InChI=1S/C56H33NO3/c1-3-9-43-36(7-1)17-28-53-55(43)47-31-38(19-26-51(47)59-53)34-13-21-40(22-14-34)57(42-25-30-50-46(33-42)45-11-5-6-12-49(45)58-50)41-23-15-35(16-24-41)39-20-27-52-48(32-39)56-44-10-4-2-8-37(44)18-29-54(56)60-52/h1-33H. The van der Waals surface area contributed by atoms with E-state index < -0.39 is 0 Å². The van der Waals surface area contributed by atoms with Crippen molar-refractivity contribution in [3.63, 3.8) is 0 Å². The Balaban J connectivity index is 0.916. The van der Waals surface area contributed by atoms with Crippen LogP contribution in [0.2, 0.25) is 0 Å². The van der Waals surface area contributed by atoms with Gasteiger partial charge in [-0.25, -0.2) is 0 Å². The second kappa shape index (κ2) is 12.7. The Morgan fingerprint density at radius 1 is 0.250 bits per heavy atom. The molecular weight excluding hydrogens is 735 g/mol. The summed E-state index contributed by atoms with van der Waals surface area (Å²) in [5.41, 5.74) is 13.1. The van der Waals surface area contributed by atoms with Gasteiger partial charge in [-0.2, -0.15) is 0 Å². The largest absolute Gasteiger partial charge is 0.456 e. The number of fused-ring (bicyclic) bond motifs is 13. The summed E-state index contributed by atoms with van der Waals surface area (Å²) < 4.78 is 18.9. The second-order valence-electron chi connectivity index (χ2n) is 15.7. The summed E-state index contributed by atoms with van der Waals surface area (Å²) in [5.74, 6) is 0. The third-order valence-electron chi connectivity index (χ3n) is 12.3. The molecule has 0 fully saturated rings. The van der Waals surface area contributed by atoms with Gasteiger partial charge in [0, 0.05) is 49.4 Å². The molecule has 10 aromatic carbocycles. The van der Waals surface area contributed by atoms with Gasteiger partial charge in [0.05, 0.1) is 0 Å². The zero-order valence-electron chi connectivity index (χ0n) is 32.2. The number of furan rings is 3. The first-order valence-electron chi connectivity index (χ1n) is 20.3. The monoisotopic (exact) mass is 767 g/mol.